The zero-order chi connectivity index (χ0) is 20.3. The summed E-state index contributed by atoms with van der Waals surface area (Å²) in [5, 5.41) is 18.3. The molecule has 0 unspecified atom stereocenters. The third-order valence-corrected chi connectivity index (χ3v) is 6.58. The molecule has 0 radical (unpaired) electrons. The Balaban J connectivity index is 1.81. The molecule has 3 rings (SSSR count). The molecule has 10 heteroatoms. The van der Waals surface area contributed by atoms with Gasteiger partial charge in [-0.3, -0.25) is 4.79 Å². The molecule has 1 atom stereocenters. The summed E-state index contributed by atoms with van der Waals surface area (Å²) in [5.74, 6) is -0.263. The van der Waals surface area contributed by atoms with Crippen molar-refractivity contribution in [3.05, 3.63) is 57.8 Å². The van der Waals surface area contributed by atoms with Crippen LogP contribution in [0, 0.1) is 12.3 Å². The number of halogens is 1. The van der Waals surface area contributed by atoms with Gasteiger partial charge in [-0.25, -0.2) is 13.9 Å². The third-order valence-electron chi connectivity index (χ3n) is 4.13. The number of rotatable bonds is 5. The van der Waals surface area contributed by atoms with Gasteiger partial charge in [0.15, 0.2) is 0 Å². The topological polar surface area (TPSA) is 97.1 Å². The summed E-state index contributed by atoms with van der Waals surface area (Å²) in [7, 11) is -1.78. The van der Waals surface area contributed by atoms with Crippen molar-refractivity contribution in [3.8, 4) is 11.1 Å². The molecule has 0 spiro atoms. The first-order valence-corrected chi connectivity index (χ1v) is 10.7. The average Bonchev–Trinajstić information content (AvgIpc) is 3.33. The fourth-order valence-electron chi connectivity index (χ4n) is 2.64. The van der Waals surface area contributed by atoms with Crippen molar-refractivity contribution in [3.63, 3.8) is 0 Å². The highest BCUT2D eigenvalue weighted by molar-refractivity contribution is 7.76. The number of amides is 1. The largest absolute Gasteiger partial charge is 0.344 e. The minimum atomic E-state index is -1.78. The number of nitrogens with one attached hydrogen (secondary N) is 1. The lowest BCUT2D eigenvalue weighted by Crippen LogP contribution is -2.28. The van der Waals surface area contributed by atoms with Crippen LogP contribution >= 0.6 is 22.9 Å². The van der Waals surface area contributed by atoms with E-state index < -0.39 is 10.2 Å². The standard InChI is InChI=1S/C18H17ClN4O3S2/c1-3-15(16-9-20-18(27-16)28(26)10-24)22-17(25)14-8-21-23(11(14)2)13-6-4-12(19)5-7-13/h4-9,15,24H,3H2,1-2H3,(H,22,25)/t15-/m0/s1. The molecule has 0 fully saturated rings. The lowest BCUT2D eigenvalue weighted by Gasteiger charge is -2.15. The smallest absolute Gasteiger partial charge is 0.255 e. The lowest BCUT2D eigenvalue weighted by molar-refractivity contribution is 0.0935. The number of hydrogen-bond donors (Lipinski definition) is 2. The number of thiazole rings is 1. The minimum Gasteiger partial charge on any atom is -0.344 e. The first-order valence-electron chi connectivity index (χ1n) is 8.33. The number of benzene rings is 1. The van der Waals surface area contributed by atoms with Crippen molar-refractivity contribution in [1.29, 1.82) is 0 Å². The zero-order valence-corrected chi connectivity index (χ0v) is 17.4. The summed E-state index contributed by atoms with van der Waals surface area (Å²) in [4.78, 5) is 17.6. The van der Waals surface area contributed by atoms with Crippen LogP contribution in [0.15, 0.2) is 41.0 Å². The van der Waals surface area contributed by atoms with Gasteiger partial charge in [0.2, 0.25) is 4.34 Å². The van der Waals surface area contributed by atoms with E-state index in [4.69, 9.17) is 16.7 Å². The van der Waals surface area contributed by atoms with Gasteiger partial charge in [-0.05, 0) is 37.6 Å². The summed E-state index contributed by atoms with van der Waals surface area (Å²) in [6.45, 7) is 3.74. The molecule has 2 aromatic heterocycles. The summed E-state index contributed by atoms with van der Waals surface area (Å²) in [5.41, 5.74) is 1.96. The van der Waals surface area contributed by atoms with E-state index in [2.05, 4.69) is 15.4 Å². The zero-order valence-electron chi connectivity index (χ0n) is 15.0. The third kappa shape index (κ3) is 4.19. The molecule has 28 heavy (non-hydrogen) atoms. The number of aliphatic hydroxyl groups is 1. The van der Waals surface area contributed by atoms with E-state index in [9.17, 15) is 9.00 Å². The Morgan fingerprint density at radius 1 is 1.39 bits per heavy atom. The highest BCUT2D eigenvalue weighted by atomic mass is 35.5. The van der Waals surface area contributed by atoms with Gasteiger partial charge >= 0.3 is 0 Å². The van der Waals surface area contributed by atoms with Crippen LogP contribution in [0.4, 0.5) is 0 Å². The highest BCUT2D eigenvalue weighted by Gasteiger charge is 2.20. The fourth-order valence-corrected chi connectivity index (χ4v) is 4.48. The van der Waals surface area contributed by atoms with Crippen LogP contribution in [0.1, 0.15) is 40.3 Å². The Bertz CT molecular complexity index is 1150. The number of carbonyl (C=O) groups is 1. The molecule has 7 nitrogen and oxygen atoms in total. The molecular formula is C18H17ClN4O3S2. The van der Waals surface area contributed by atoms with E-state index in [-0.39, 0.29) is 16.3 Å². The lowest BCUT2D eigenvalue weighted by atomic mass is 10.1. The molecular weight excluding hydrogens is 420 g/mol. The van der Waals surface area contributed by atoms with Gasteiger partial charge in [0.1, 0.15) is 15.6 Å². The van der Waals surface area contributed by atoms with Crippen molar-refractivity contribution in [1.82, 2.24) is 20.1 Å². The van der Waals surface area contributed by atoms with E-state index >= 15 is 0 Å². The van der Waals surface area contributed by atoms with Crippen LogP contribution in [0.2, 0.25) is 5.02 Å². The monoisotopic (exact) mass is 436 g/mol. The highest BCUT2D eigenvalue weighted by Crippen LogP contribution is 2.25. The van der Waals surface area contributed by atoms with Gasteiger partial charge in [0.25, 0.3) is 5.91 Å². The normalized spacial score (nSPS) is 11.7. The Morgan fingerprint density at radius 3 is 2.75 bits per heavy atom. The maximum absolute atomic E-state index is 12.8. The van der Waals surface area contributed by atoms with E-state index in [1.54, 1.807) is 28.4 Å². The van der Waals surface area contributed by atoms with Crippen molar-refractivity contribution in [2.45, 2.75) is 30.6 Å². The molecule has 2 N–H and O–H groups in total. The van der Waals surface area contributed by atoms with Gasteiger partial charge in [0, 0.05) is 16.1 Å². The predicted molar refractivity (Wildman–Crippen MR) is 108 cm³/mol. The minimum absolute atomic E-state index is 0.233. The van der Waals surface area contributed by atoms with Crippen LogP contribution in [0.3, 0.4) is 0 Å². The molecule has 1 amide bonds. The summed E-state index contributed by atoms with van der Waals surface area (Å²) >= 11 is 7.08. The fraction of sp³-hybridized carbons (Fsp3) is 0.222. The molecule has 146 valence electrons. The molecule has 3 aromatic rings. The molecule has 0 aliphatic carbocycles. The van der Waals surface area contributed by atoms with Crippen molar-refractivity contribution in [2.75, 3.05) is 0 Å². The quantitative estimate of drug-likeness (QED) is 0.637. The molecule has 0 saturated carbocycles. The van der Waals surface area contributed by atoms with E-state index in [0.29, 0.717) is 22.7 Å². The maximum atomic E-state index is 12.8. The van der Waals surface area contributed by atoms with Crippen LogP contribution < -0.4 is 5.32 Å². The predicted octanol–water partition coefficient (Wildman–Crippen LogP) is 3.57. The number of aliphatic hydroxyl groups excluding tert-OH is 1. The van der Waals surface area contributed by atoms with Gasteiger partial charge < -0.3 is 10.4 Å². The van der Waals surface area contributed by atoms with Gasteiger partial charge in [-0.1, -0.05) is 18.5 Å². The van der Waals surface area contributed by atoms with Gasteiger partial charge in [0.05, 0.1) is 29.2 Å². The van der Waals surface area contributed by atoms with Gasteiger partial charge in [-0.2, -0.15) is 5.10 Å². The number of carbonyl (C=O) groups excluding carboxylic acids is 1. The second-order valence-electron chi connectivity index (χ2n) is 5.85. The Kier molecular flexibility index (Phi) is 6.33. The van der Waals surface area contributed by atoms with Crippen LogP contribution in [0.25, 0.3) is 5.69 Å². The number of aromatic nitrogens is 3. The van der Waals surface area contributed by atoms with Crippen LogP contribution in [0.5, 0.6) is 0 Å². The Hall–Kier alpha value is -2.42. The molecule has 1 aromatic carbocycles. The number of hydrogen-bond acceptors (Lipinski definition) is 6. The Labute approximate surface area is 172 Å². The van der Waals surface area contributed by atoms with Crippen molar-refractivity contribution >= 4 is 39.1 Å². The SMILES string of the molecule is CC[C@H](NC(=O)c1cnn(-c2ccc(Cl)cc2)c1C)c1cnc(S(=O)#CO)s1. The van der Waals surface area contributed by atoms with Crippen molar-refractivity contribution < 1.29 is 14.1 Å². The second-order valence-corrected chi connectivity index (χ2v) is 8.72. The van der Waals surface area contributed by atoms with Crippen LogP contribution in [-0.2, 0) is 10.2 Å². The van der Waals surface area contributed by atoms with Gasteiger partial charge in [-0.15, -0.1) is 11.3 Å². The molecule has 2 heterocycles. The summed E-state index contributed by atoms with van der Waals surface area (Å²) in [6.07, 6.45) is 3.69. The molecule has 0 aliphatic heterocycles. The first kappa shape index (κ1) is 20.3. The number of nitrogens with zero attached hydrogens (tertiary/aromatic N) is 3. The molecule has 0 bridgehead atoms. The molecule has 0 saturated heterocycles. The van der Waals surface area contributed by atoms with Crippen LogP contribution in [-0.4, -0.2) is 30.0 Å². The summed E-state index contributed by atoms with van der Waals surface area (Å²) < 4.78 is 13.5. The Morgan fingerprint density at radius 2 is 2.11 bits per heavy atom. The molecule has 0 aliphatic rings. The summed E-state index contributed by atoms with van der Waals surface area (Å²) in [6, 6.07) is 6.88. The van der Waals surface area contributed by atoms with E-state index in [1.165, 1.54) is 6.20 Å². The first-order chi connectivity index (χ1) is 13.4. The van der Waals surface area contributed by atoms with E-state index in [0.717, 1.165) is 21.9 Å². The average molecular weight is 437 g/mol. The second kappa shape index (κ2) is 8.72. The van der Waals surface area contributed by atoms with Crippen molar-refractivity contribution in [2.24, 2.45) is 0 Å². The van der Waals surface area contributed by atoms with E-state index in [1.807, 2.05) is 26.0 Å². The maximum Gasteiger partial charge on any atom is 0.255 e.